The minimum Gasteiger partial charge on any atom is -0.329 e. The van der Waals surface area contributed by atoms with Crippen molar-refractivity contribution in [3.05, 3.63) is 22.4 Å². The molecule has 16 heavy (non-hydrogen) atoms. The summed E-state index contributed by atoms with van der Waals surface area (Å²) >= 11 is 1.83. The van der Waals surface area contributed by atoms with Crippen LogP contribution in [0.25, 0.3) is 0 Å². The SMILES string of the molecule is CCCC(C)(CN)N(CC)Cc1cccs1. The van der Waals surface area contributed by atoms with E-state index < -0.39 is 0 Å². The molecule has 0 fully saturated rings. The van der Waals surface area contributed by atoms with Crippen molar-refractivity contribution in [2.45, 2.75) is 45.7 Å². The molecule has 1 unspecified atom stereocenters. The van der Waals surface area contributed by atoms with E-state index in [2.05, 4.69) is 43.2 Å². The number of rotatable bonds is 7. The molecule has 0 aliphatic carbocycles. The lowest BCUT2D eigenvalue weighted by molar-refractivity contribution is 0.0997. The van der Waals surface area contributed by atoms with Gasteiger partial charge in [-0.15, -0.1) is 11.3 Å². The first-order chi connectivity index (χ1) is 7.66. The highest BCUT2D eigenvalue weighted by Crippen LogP contribution is 2.23. The molecule has 0 amide bonds. The van der Waals surface area contributed by atoms with E-state index in [1.165, 1.54) is 17.7 Å². The number of likely N-dealkylation sites (N-methyl/N-ethyl adjacent to an activating group) is 1. The van der Waals surface area contributed by atoms with Gasteiger partial charge in [-0.25, -0.2) is 0 Å². The molecule has 0 bridgehead atoms. The topological polar surface area (TPSA) is 29.3 Å². The summed E-state index contributed by atoms with van der Waals surface area (Å²) in [5, 5.41) is 2.14. The Morgan fingerprint density at radius 2 is 2.19 bits per heavy atom. The second-order valence-electron chi connectivity index (χ2n) is 4.54. The number of hydrogen-bond donors (Lipinski definition) is 1. The number of nitrogens with two attached hydrogens (primary N) is 1. The molecule has 0 saturated carbocycles. The Morgan fingerprint density at radius 3 is 2.62 bits per heavy atom. The quantitative estimate of drug-likeness (QED) is 0.793. The van der Waals surface area contributed by atoms with Crippen LogP contribution >= 0.6 is 11.3 Å². The van der Waals surface area contributed by atoms with Crippen molar-refractivity contribution >= 4 is 11.3 Å². The molecule has 92 valence electrons. The lowest BCUT2D eigenvalue weighted by Crippen LogP contribution is -2.50. The zero-order valence-corrected chi connectivity index (χ0v) is 11.5. The van der Waals surface area contributed by atoms with Gasteiger partial charge in [-0.3, -0.25) is 4.90 Å². The van der Waals surface area contributed by atoms with Crippen molar-refractivity contribution in [1.29, 1.82) is 0 Å². The van der Waals surface area contributed by atoms with Crippen LogP contribution in [-0.2, 0) is 6.54 Å². The van der Waals surface area contributed by atoms with Gasteiger partial charge >= 0.3 is 0 Å². The van der Waals surface area contributed by atoms with Crippen molar-refractivity contribution < 1.29 is 0 Å². The van der Waals surface area contributed by atoms with Crippen molar-refractivity contribution in [2.24, 2.45) is 5.73 Å². The maximum atomic E-state index is 5.96. The molecule has 0 radical (unpaired) electrons. The van der Waals surface area contributed by atoms with Crippen molar-refractivity contribution in [3.63, 3.8) is 0 Å². The Hall–Kier alpha value is -0.380. The fourth-order valence-electron chi connectivity index (χ4n) is 2.20. The molecule has 2 N–H and O–H groups in total. The molecule has 0 aliphatic heterocycles. The highest BCUT2D eigenvalue weighted by molar-refractivity contribution is 7.09. The fourth-order valence-corrected chi connectivity index (χ4v) is 2.92. The van der Waals surface area contributed by atoms with E-state index in [9.17, 15) is 0 Å². The lowest BCUT2D eigenvalue weighted by atomic mass is 9.93. The van der Waals surface area contributed by atoms with Gasteiger partial charge in [0.2, 0.25) is 0 Å². The van der Waals surface area contributed by atoms with Crippen LogP contribution in [0.5, 0.6) is 0 Å². The van der Waals surface area contributed by atoms with Crippen molar-refractivity contribution in [3.8, 4) is 0 Å². The molecule has 1 atom stereocenters. The van der Waals surface area contributed by atoms with Crippen LogP contribution in [0.4, 0.5) is 0 Å². The summed E-state index contributed by atoms with van der Waals surface area (Å²) in [5.41, 5.74) is 6.11. The summed E-state index contributed by atoms with van der Waals surface area (Å²) in [6, 6.07) is 4.32. The Bertz CT molecular complexity index is 284. The highest BCUT2D eigenvalue weighted by Gasteiger charge is 2.28. The first-order valence-electron chi connectivity index (χ1n) is 6.13. The second kappa shape index (κ2) is 6.38. The van der Waals surface area contributed by atoms with Crippen LogP contribution in [-0.4, -0.2) is 23.5 Å². The summed E-state index contributed by atoms with van der Waals surface area (Å²) < 4.78 is 0. The third-order valence-corrected chi connectivity index (χ3v) is 4.16. The van der Waals surface area contributed by atoms with Gasteiger partial charge in [0.05, 0.1) is 0 Å². The normalized spacial score (nSPS) is 15.3. The molecule has 0 spiro atoms. The number of hydrogen-bond acceptors (Lipinski definition) is 3. The average molecular weight is 240 g/mol. The van der Waals surface area contributed by atoms with Crippen LogP contribution in [0.15, 0.2) is 17.5 Å². The van der Waals surface area contributed by atoms with Crippen LogP contribution in [0.3, 0.4) is 0 Å². The van der Waals surface area contributed by atoms with Gasteiger partial charge in [0.25, 0.3) is 0 Å². The minimum atomic E-state index is 0.146. The molecule has 0 aromatic carbocycles. The highest BCUT2D eigenvalue weighted by atomic mass is 32.1. The zero-order valence-electron chi connectivity index (χ0n) is 10.7. The predicted octanol–water partition coefficient (Wildman–Crippen LogP) is 3.09. The van der Waals surface area contributed by atoms with Gasteiger partial charge in [0.1, 0.15) is 0 Å². The number of thiophene rings is 1. The van der Waals surface area contributed by atoms with Crippen LogP contribution in [0.2, 0.25) is 0 Å². The standard InChI is InChI=1S/C13H24N2S/c1-4-8-13(3,11-14)15(5-2)10-12-7-6-9-16-12/h6-7,9H,4-5,8,10-11,14H2,1-3H3. The fraction of sp³-hybridized carbons (Fsp3) is 0.692. The van der Waals surface area contributed by atoms with Crippen LogP contribution < -0.4 is 5.73 Å². The largest absolute Gasteiger partial charge is 0.329 e. The molecular weight excluding hydrogens is 216 g/mol. The molecule has 0 aliphatic rings. The van der Waals surface area contributed by atoms with Gasteiger partial charge in [0, 0.05) is 23.5 Å². The van der Waals surface area contributed by atoms with Gasteiger partial charge in [-0.2, -0.15) is 0 Å². The summed E-state index contributed by atoms with van der Waals surface area (Å²) in [6.45, 7) is 9.56. The predicted molar refractivity (Wildman–Crippen MR) is 72.8 cm³/mol. The lowest BCUT2D eigenvalue weighted by Gasteiger charge is -2.40. The summed E-state index contributed by atoms with van der Waals surface area (Å²) in [4.78, 5) is 3.93. The average Bonchev–Trinajstić information content (AvgIpc) is 2.78. The minimum absolute atomic E-state index is 0.146. The Morgan fingerprint density at radius 1 is 1.44 bits per heavy atom. The van der Waals surface area contributed by atoms with E-state index in [-0.39, 0.29) is 5.54 Å². The molecular formula is C13H24N2S. The Kier molecular flexibility index (Phi) is 5.46. The van der Waals surface area contributed by atoms with Crippen molar-refractivity contribution in [2.75, 3.05) is 13.1 Å². The Labute approximate surface area is 103 Å². The molecule has 1 aromatic heterocycles. The van der Waals surface area contributed by atoms with E-state index in [4.69, 9.17) is 5.73 Å². The first kappa shape index (κ1) is 13.7. The van der Waals surface area contributed by atoms with E-state index >= 15 is 0 Å². The van der Waals surface area contributed by atoms with E-state index in [1.54, 1.807) is 0 Å². The third kappa shape index (κ3) is 3.30. The van der Waals surface area contributed by atoms with Gasteiger partial charge in [-0.1, -0.05) is 26.3 Å². The Balaban J connectivity index is 2.71. The van der Waals surface area contributed by atoms with E-state index in [1.807, 2.05) is 11.3 Å². The maximum absolute atomic E-state index is 5.96. The van der Waals surface area contributed by atoms with Crippen molar-refractivity contribution in [1.82, 2.24) is 4.90 Å². The molecule has 1 heterocycles. The molecule has 1 rings (SSSR count). The summed E-state index contributed by atoms with van der Waals surface area (Å²) in [6.07, 6.45) is 2.36. The second-order valence-corrected chi connectivity index (χ2v) is 5.58. The summed E-state index contributed by atoms with van der Waals surface area (Å²) in [7, 11) is 0. The van der Waals surface area contributed by atoms with E-state index in [0.29, 0.717) is 0 Å². The van der Waals surface area contributed by atoms with Crippen LogP contribution in [0.1, 0.15) is 38.5 Å². The summed E-state index contributed by atoms with van der Waals surface area (Å²) in [5.74, 6) is 0. The molecule has 2 nitrogen and oxygen atoms in total. The van der Waals surface area contributed by atoms with Gasteiger partial charge < -0.3 is 5.73 Å². The molecule has 1 aromatic rings. The zero-order chi connectivity index (χ0) is 12.0. The van der Waals surface area contributed by atoms with Crippen LogP contribution in [0, 0.1) is 0 Å². The van der Waals surface area contributed by atoms with Gasteiger partial charge in [0.15, 0.2) is 0 Å². The number of nitrogens with zero attached hydrogens (tertiary/aromatic N) is 1. The molecule has 3 heteroatoms. The van der Waals surface area contributed by atoms with Gasteiger partial charge in [-0.05, 0) is 31.3 Å². The third-order valence-electron chi connectivity index (χ3n) is 3.30. The monoisotopic (exact) mass is 240 g/mol. The maximum Gasteiger partial charge on any atom is 0.0333 e. The van der Waals surface area contributed by atoms with E-state index in [0.717, 1.165) is 19.6 Å². The molecule has 0 saturated heterocycles. The smallest absolute Gasteiger partial charge is 0.0333 e. The first-order valence-corrected chi connectivity index (χ1v) is 7.01.